The summed E-state index contributed by atoms with van der Waals surface area (Å²) in [4.78, 5) is 23.2. The number of sulfonamides is 1. The number of rotatable bonds is 5. The van der Waals surface area contributed by atoms with Crippen molar-refractivity contribution in [1.29, 1.82) is 0 Å². The van der Waals surface area contributed by atoms with Crippen molar-refractivity contribution in [3.63, 3.8) is 0 Å². The van der Waals surface area contributed by atoms with Crippen LogP contribution in [0.2, 0.25) is 5.02 Å². The maximum absolute atomic E-state index is 12.2. The first-order valence-electron chi connectivity index (χ1n) is 6.80. The number of amides is 1. The number of nitrogens with one attached hydrogen (secondary N) is 1. The third-order valence-electron chi connectivity index (χ3n) is 3.09. The number of carbonyl (C=O) groups is 2. The fourth-order valence-electron chi connectivity index (χ4n) is 1.94. The molecule has 2 rings (SSSR count). The first-order valence-corrected chi connectivity index (χ1v) is 8.66. The molecule has 0 fully saturated rings. The van der Waals surface area contributed by atoms with E-state index < -0.39 is 21.9 Å². The summed E-state index contributed by atoms with van der Waals surface area (Å²) in [5, 5.41) is 0.520. The smallest absolute Gasteiger partial charge is 0.337 e. The lowest BCUT2D eigenvalue weighted by molar-refractivity contribution is -0.118. The van der Waals surface area contributed by atoms with E-state index in [1.807, 2.05) is 4.72 Å². The highest BCUT2D eigenvalue weighted by molar-refractivity contribution is 7.90. The number of carbonyl (C=O) groups excluding carboxylic acids is 2. The molecule has 0 saturated heterocycles. The Morgan fingerprint density at radius 3 is 2.42 bits per heavy atom. The average Bonchev–Trinajstić information content (AvgIpc) is 2.56. The molecular formula is C16H14ClNO5S. The van der Waals surface area contributed by atoms with Crippen LogP contribution >= 0.6 is 11.6 Å². The van der Waals surface area contributed by atoms with Gasteiger partial charge in [0, 0.05) is 5.02 Å². The molecule has 0 bridgehead atoms. The van der Waals surface area contributed by atoms with E-state index in [-0.39, 0.29) is 16.9 Å². The third-order valence-corrected chi connectivity index (χ3v) is 4.71. The van der Waals surface area contributed by atoms with Crippen LogP contribution in [0.5, 0.6) is 0 Å². The van der Waals surface area contributed by atoms with Crippen molar-refractivity contribution < 1.29 is 22.7 Å². The number of benzene rings is 2. The SMILES string of the molecule is COC(=O)c1cccc(S(=O)(=O)NC(=O)Cc2ccc(Cl)cc2)c1. The fourth-order valence-corrected chi connectivity index (χ4v) is 3.10. The summed E-state index contributed by atoms with van der Waals surface area (Å²) >= 11 is 5.75. The zero-order chi connectivity index (χ0) is 17.7. The number of hydrogen-bond acceptors (Lipinski definition) is 5. The Hall–Kier alpha value is -2.38. The number of halogens is 1. The van der Waals surface area contributed by atoms with E-state index in [1.54, 1.807) is 24.3 Å². The minimum atomic E-state index is -4.09. The largest absolute Gasteiger partial charge is 0.465 e. The van der Waals surface area contributed by atoms with Crippen molar-refractivity contribution in [3.8, 4) is 0 Å². The van der Waals surface area contributed by atoms with E-state index in [9.17, 15) is 18.0 Å². The van der Waals surface area contributed by atoms with Crippen molar-refractivity contribution in [3.05, 3.63) is 64.7 Å². The number of methoxy groups -OCH3 is 1. The van der Waals surface area contributed by atoms with Crippen LogP contribution in [0.3, 0.4) is 0 Å². The Kier molecular flexibility index (Phi) is 5.58. The van der Waals surface area contributed by atoms with Gasteiger partial charge >= 0.3 is 5.97 Å². The van der Waals surface area contributed by atoms with Crippen LogP contribution in [0.25, 0.3) is 0 Å². The lowest BCUT2D eigenvalue weighted by Gasteiger charge is -2.08. The van der Waals surface area contributed by atoms with E-state index in [0.29, 0.717) is 10.6 Å². The van der Waals surface area contributed by atoms with E-state index in [2.05, 4.69) is 4.74 Å². The molecule has 24 heavy (non-hydrogen) atoms. The molecule has 0 aromatic heterocycles. The Morgan fingerprint density at radius 2 is 1.79 bits per heavy atom. The highest BCUT2D eigenvalue weighted by Gasteiger charge is 2.19. The molecule has 126 valence electrons. The van der Waals surface area contributed by atoms with Crippen molar-refractivity contribution in [2.45, 2.75) is 11.3 Å². The summed E-state index contributed by atoms with van der Waals surface area (Å²) < 4.78 is 31.0. The Morgan fingerprint density at radius 1 is 1.12 bits per heavy atom. The predicted octanol–water partition coefficient (Wildman–Crippen LogP) is 2.17. The Labute approximate surface area is 144 Å². The normalized spacial score (nSPS) is 10.9. The van der Waals surface area contributed by atoms with Crippen LogP contribution in [0.1, 0.15) is 15.9 Å². The fraction of sp³-hybridized carbons (Fsp3) is 0.125. The first kappa shape index (κ1) is 18.0. The zero-order valence-electron chi connectivity index (χ0n) is 12.7. The average molecular weight is 368 g/mol. The molecule has 0 aliphatic rings. The second-order valence-electron chi connectivity index (χ2n) is 4.85. The summed E-state index contributed by atoms with van der Waals surface area (Å²) in [6.07, 6.45) is -0.118. The van der Waals surface area contributed by atoms with Gasteiger partial charge in [0.2, 0.25) is 5.91 Å². The minimum Gasteiger partial charge on any atom is -0.465 e. The standard InChI is InChI=1S/C16H14ClNO5S/c1-23-16(20)12-3-2-4-14(10-12)24(21,22)18-15(19)9-11-5-7-13(17)8-6-11/h2-8,10H,9H2,1H3,(H,18,19). The van der Waals surface area contributed by atoms with Gasteiger partial charge in [-0.2, -0.15) is 0 Å². The molecule has 0 radical (unpaired) electrons. The van der Waals surface area contributed by atoms with Crippen molar-refractivity contribution in [1.82, 2.24) is 4.72 Å². The van der Waals surface area contributed by atoms with E-state index >= 15 is 0 Å². The molecule has 1 amide bonds. The molecule has 0 aliphatic heterocycles. The second kappa shape index (κ2) is 7.46. The number of ether oxygens (including phenoxy) is 1. The second-order valence-corrected chi connectivity index (χ2v) is 6.97. The molecule has 0 aliphatic carbocycles. The summed E-state index contributed by atoms with van der Waals surface area (Å²) in [7, 11) is -2.89. The van der Waals surface area contributed by atoms with E-state index in [4.69, 9.17) is 11.6 Å². The summed E-state index contributed by atoms with van der Waals surface area (Å²) in [5.41, 5.74) is 0.695. The van der Waals surface area contributed by atoms with Gasteiger partial charge < -0.3 is 4.74 Å². The lowest BCUT2D eigenvalue weighted by atomic mass is 10.1. The molecule has 1 N–H and O–H groups in total. The van der Waals surface area contributed by atoms with Crippen LogP contribution in [0, 0.1) is 0 Å². The highest BCUT2D eigenvalue weighted by atomic mass is 35.5. The molecule has 2 aromatic carbocycles. The van der Waals surface area contributed by atoms with Gasteiger partial charge in [-0.25, -0.2) is 17.9 Å². The first-order chi connectivity index (χ1) is 11.3. The molecule has 0 heterocycles. The highest BCUT2D eigenvalue weighted by Crippen LogP contribution is 2.13. The van der Waals surface area contributed by atoms with Gasteiger partial charge in [-0.05, 0) is 35.9 Å². The third kappa shape index (κ3) is 4.56. The lowest BCUT2D eigenvalue weighted by Crippen LogP contribution is -2.31. The summed E-state index contributed by atoms with van der Waals surface area (Å²) in [6.45, 7) is 0. The zero-order valence-corrected chi connectivity index (χ0v) is 14.2. The van der Waals surface area contributed by atoms with Gasteiger partial charge in [-0.15, -0.1) is 0 Å². The molecule has 0 atom stereocenters. The van der Waals surface area contributed by atoms with Gasteiger partial charge in [0.15, 0.2) is 0 Å². The quantitative estimate of drug-likeness (QED) is 0.818. The summed E-state index contributed by atoms with van der Waals surface area (Å²) in [5.74, 6) is -1.36. The number of hydrogen-bond donors (Lipinski definition) is 1. The molecule has 6 nitrogen and oxygen atoms in total. The van der Waals surface area contributed by atoms with E-state index in [0.717, 1.165) is 6.07 Å². The van der Waals surface area contributed by atoms with Crippen molar-refractivity contribution in [2.24, 2.45) is 0 Å². The topological polar surface area (TPSA) is 89.5 Å². The molecule has 8 heteroatoms. The molecular weight excluding hydrogens is 354 g/mol. The van der Waals surface area contributed by atoms with Gasteiger partial charge in [-0.3, -0.25) is 4.79 Å². The van der Waals surface area contributed by atoms with Crippen LogP contribution in [0.4, 0.5) is 0 Å². The van der Waals surface area contributed by atoms with Gasteiger partial charge in [0.25, 0.3) is 10.0 Å². The van der Waals surface area contributed by atoms with Gasteiger partial charge in [0.05, 0.1) is 24.0 Å². The van der Waals surface area contributed by atoms with Crippen LogP contribution in [-0.4, -0.2) is 27.4 Å². The number of esters is 1. The molecule has 0 saturated carbocycles. The Bertz CT molecular complexity index is 862. The van der Waals surface area contributed by atoms with Gasteiger partial charge in [-0.1, -0.05) is 29.8 Å². The van der Waals surface area contributed by atoms with E-state index in [1.165, 1.54) is 25.3 Å². The summed E-state index contributed by atoms with van der Waals surface area (Å²) in [6, 6.07) is 11.7. The predicted molar refractivity (Wildman–Crippen MR) is 88.3 cm³/mol. The van der Waals surface area contributed by atoms with Gasteiger partial charge in [0.1, 0.15) is 0 Å². The van der Waals surface area contributed by atoms with Crippen molar-refractivity contribution >= 4 is 33.5 Å². The molecule has 0 unspecified atom stereocenters. The van der Waals surface area contributed by atoms with Crippen LogP contribution in [0.15, 0.2) is 53.4 Å². The molecule has 0 spiro atoms. The Balaban J connectivity index is 2.14. The van der Waals surface area contributed by atoms with Crippen LogP contribution < -0.4 is 4.72 Å². The maximum atomic E-state index is 12.2. The van der Waals surface area contributed by atoms with Crippen molar-refractivity contribution in [2.75, 3.05) is 7.11 Å². The van der Waals surface area contributed by atoms with Crippen LogP contribution in [-0.2, 0) is 26.0 Å². The minimum absolute atomic E-state index is 0.0746. The molecule has 2 aromatic rings. The monoisotopic (exact) mass is 367 g/mol. The maximum Gasteiger partial charge on any atom is 0.337 e.